The lowest BCUT2D eigenvalue weighted by atomic mass is 10.2. The number of nitrogens with one attached hydrogen (secondary N) is 6. The fourth-order valence-corrected chi connectivity index (χ4v) is 3.44. The van der Waals surface area contributed by atoms with E-state index in [4.69, 9.17) is 0 Å². The van der Waals surface area contributed by atoms with Crippen LogP contribution in [0.3, 0.4) is 0 Å². The molecule has 0 saturated heterocycles. The smallest absolute Gasteiger partial charge is 0.315 e. The van der Waals surface area contributed by atoms with E-state index in [9.17, 15) is 9.59 Å². The average Bonchev–Trinajstić information content (AvgIpc) is 2.89. The van der Waals surface area contributed by atoms with Gasteiger partial charge in [0.15, 0.2) is 0 Å². The molecule has 0 saturated carbocycles. The van der Waals surface area contributed by atoms with Crippen LogP contribution in [0.2, 0.25) is 0 Å². The first kappa shape index (κ1) is 34.5. The number of unbranched alkanes of at least 4 members (excludes halogenated alkanes) is 2. The van der Waals surface area contributed by atoms with E-state index in [1.54, 1.807) is 0 Å². The Hall–Kier alpha value is -2.52. The Bertz CT molecular complexity index is 748. The Morgan fingerprint density at radius 2 is 0.838 bits per heavy atom. The molecule has 0 aliphatic carbocycles. The van der Waals surface area contributed by atoms with E-state index < -0.39 is 0 Å². The van der Waals surface area contributed by atoms with Gasteiger partial charge in [-0.1, -0.05) is 67.1 Å². The Balaban J connectivity index is 0.00000648. The molecule has 2 aromatic rings. The van der Waals surface area contributed by atoms with Crippen molar-refractivity contribution in [2.75, 3.05) is 39.3 Å². The van der Waals surface area contributed by atoms with Gasteiger partial charge in [0.2, 0.25) is 0 Å². The first-order valence-corrected chi connectivity index (χ1v) is 12.8. The summed E-state index contributed by atoms with van der Waals surface area (Å²) in [6, 6.07) is 19.5. The van der Waals surface area contributed by atoms with Crippen molar-refractivity contribution in [3.8, 4) is 0 Å². The zero-order chi connectivity index (χ0) is 24.8. The maximum atomic E-state index is 11.8. The lowest BCUT2D eigenvalue weighted by Crippen LogP contribution is -2.36. The summed E-state index contributed by atoms with van der Waals surface area (Å²) in [5, 5.41) is 18.4. The second kappa shape index (κ2) is 23.9. The fourth-order valence-electron chi connectivity index (χ4n) is 3.44. The predicted molar refractivity (Wildman–Crippen MR) is 157 cm³/mol. The molecule has 6 N–H and O–H groups in total. The van der Waals surface area contributed by atoms with E-state index in [1.807, 2.05) is 60.7 Å². The Morgan fingerprint density at radius 1 is 0.459 bits per heavy atom. The molecule has 8 nitrogen and oxygen atoms in total. The van der Waals surface area contributed by atoms with E-state index in [-0.39, 0.29) is 36.9 Å². The van der Waals surface area contributed by atoms with E-state index >= 15 is 0 Å². The summed E-state index contributed by atoms with van der Waals surface area (Å²) in [7, 11) is 0. The molecule has 0 aliphatic rings. The van der Waals surface area contributed by atoms with Crippen LogP contribution in [0.25, 0.3) is 0 Å². The van der Waals surface area contributed by atoms with Crippen molar-refractivity contribution in [1.29, 1.82) is 0 Å². The Kier molecular flexibility index (Phi) is 22.2. The highest BCUT2D eigenvalue weighted by Gasteiger charge is 2.00. The number of benzene rings is 2. The largest absolute Gasteiger partial charge is 0.338 e. The molecular formula is C27H44Cl2N6O2. The van der Waals surface area contributed by atoms with Crippen LogP contribution in [0.1, 0.15) is 43.2 Å². The zero-order valence-corrected chi connectivity index (χ0v) is 23.2. The van der Waals surface area contributed by atoms with Crippen molar-refractivity contribution in [3.05, 3.63) is 71.8 Å². The molecule has 0 aromatic heterocycles. The second-order valence-corrected chi connectivity index (χ2v) is 8.46. The Morgan fingerprint density at radius 3 is 1.24 bits per heavy atom. The first-order valence-electron chi connectivity index (χ1n) is 12.8. The number of rotatable bonds is 18. The number of urea groups is 2. The molecule has 4 amide bonds. The number of carbonyl (C=O) groups is 2. The first-order chi connectivity index (χ1) is 17.2. The lowest BCUT2D eigenvalue weighted by Gasteiger charge is -2.09. The van der Waals surface area contributed by atoms with Gasteiger partial charge in [0, 0.05) is 26.2 Å². The molecule has 0 bridgehead atoms. The van der Waals surface area contributed by atoms with Crippen LogP contribution in [0.4, 0.5) is 9.59 Å². The molecule has 2 rings (SSSR count). The van der Waals surface area contributed by atoms with Gasteiger partial charge in [-0.2, -0.15) is 0 Å². The molecule has 0 aliphatic heterocycles. The molecule has 10 heteroatoms. The molecule has 0 atom stereocenters. The molecule has 2 aromatic carbocycles. The molecule has 0 fully saturated rings. The SMILES string of the molecule is Cl.Cl.O=C(NCCCNCCCCCNCCCNC(=O)NCc1ccccc1)NCc1ccccc1. The third-order valence-corrected chi connectivity index (χ3v) is 5.43. The summed E-state index contributed by atoms with van der Waals surface area (Å²) in [6.45, 7) is 6.24. The van der Waals surface area contributed by atoms with Gasteiger partial charge in [0.1, 0.15) is 0 Å². The van der Waals surface area contributed by atoms with E-state index in [1.165, 1.54) is 6.42 Å². The summed E-state index contributed by atoms with van der Waals surface area (Å²) in [4.78, 5) is 23.5. The highest BCUT2D eigenvalue weighted by Crippen LogP contribution is 1.98. The summed E-state index contributed by atoms with van der Waals surface area (Å²) < 4.78 is 0. The van der Waals surface area contributed by atoms with Gasteiger partial charge in [0.25, 0.3) is 0 Å². The van der Waals surface area contributed by atoms with Crippen molar-refractivity contribution in [1.82, 2.24) is 31.9 Å². The van der Waals surface area contributed by atoms with Gasteiger partial charge in [-0.05, 0) is 63.0 Å². The second-order valence-electron chi connectivity index (χ2n) is 8.46. The lowest BCUT2D eigenvalue weighted by molar-refractivity contribution is 0.239. The molecule has 208 valence electrons. The van der Waals surface area contributed by atoms with Crippen LogP contribution in [-0.2, 0) is 13.1 Å². The third kappa shape index (κ3) is 19.3. The zero-order valence-electron chi connectivity index (χ0n) is 21.6. The van der Waals surface area contributed by atoms with Gasteiger partial charge < -0.3 is 31.9 Å². The van der Waals surface area contributed by atoms with E-state index in [0.29, 0.717) is 26.2 Å². The highest BCUT2D eigenvalue weighted by atomic mass is 35.5. The molecule has 0 heterocycles. The van der Waals surface area contributed by atoms with Gasteiger partial charge in [-0.25, -0.2) is 9.59 Å². The van der Waals surface area contributed by atoms with Gasteiger partial charge in [-0.3, -0.25) is 0 Å². The maximum Gasteiger partial charge on any atom is 0.315 e. The summed E-state index contributed by atoms with van der Waals surface area (Å²) in [5.74, 6) is 0. The van der Waals surface area contributed by atoms with Crippen LogP contribution in [0, 0.1) is 0 Å². The van der Waals surface area contributed by atoms with E-state index in [2.05, 4.69) is 31.9 Å². The molecule has 37 heavy (non-hydrogen) atoms. The highest BCUT2D eigenvalue weighted by molar-refractivity contribution is 5.85. The number of hydrogen-bond acceptors (Lipinski definition) is 4. The topological polar surface area (TPSA) is 106 Å². The van der Waals surface area contributed by atoms with Gasteiger partial charge in [-0.15, -0.1) is 24.8 Å². The average molecular weight is 556 g/mol. The number of halogens is 2. The molecule has 0 unspecified atom stereocenters. The standard InChI is InChI=1S/C27H42N6O2.2ClH/c34-26(32-22-24-12-4-1-5-13-24)30-20-10-18-28-16-8-3-9-17-29-19-11-21-31-27(35)33-23-25-14-6-2-7-15-25;;/h1-2,4-7,12-15,28-29H,3,8-11,16-23H2,(H2,30,32,34)(H2,31,33,35);2*1H. The van der Waals surface area contributed by atoms with Crippen LogP contribution in [0.5, 0.6) is 0 Å². The minimum Gasteiger partial charge on any atom is -0.338 e. The minimum atomic E-state index is -0.122. The van der Waals surface area contributed by atoms with Gasteiger partial charge in [0.05, 0.1) is 0 Å². The third-order valence-electron chi connectivity index (χ3n) is 5.43. The van der Waals surface area contributed by atoms with Crippen molar-refractivity contribution < 1.29 is 9.59 Å². The van der Waals surface area contributed by atoms with Crippen LogP contribution in [-0.4, -0.2) is 51.3 Å². The minimum absolute atomic E-state index is 0. The van der Waals surface area contributed by atoms with Crippen LogP contribution >= 0.6 is 24.8 Å². The van der Waals surface area contributed by atoms with E-state index in [0.717, 1.165) is 63.0 Å². The number of carbonyl (C=O) groups excluding carboxylic acids is 2. The van der Waals surface area contributed by atoms with Crippen molar-refractivity contribution in [2.45, 2.75) is 45.2 Å². The van der Waals surface area contributed by atoms with Crippen molar-refractivity contribution >= 4 is 36.9 Å². The normalized spacial score (nSPS) is 9.95. The number of amides is 4. The number of hydrogen-bond donors (Lipinski definition) is 6. The van der Waals surface area contributed by atoms with Crippen molar-refractivity contribution in [3.63, 3.8) is 0 Å². The van der Waals surface area contributed by atoms with Crippen LogP contribution in [0.15, 0.2) is 60.7 Å². The summed E-state index contributed by atoms with van der Waals surface area (Å²) in [5.41, 5.74) is 2.19. The fraction of sp³-hybridized carbons (Fsp3) is 0.481. The monoisotopic (exact) mass is 554 g/mol. The summed E-state index contributed by atoms with van der Waals surface area (Å²) in [6.07, 6.45) is 5.31. The summed E-state index contributed by atoms with van der Waals surface area (Å²) >= 11 is 0. The predicted octanol–water partition coefficient (Wildman–Crippen LogP) is 3.96. The van der Waals surface area contributed by atoms with Crippen LogP contribution < -0.4 is 31.9 Å². The maximum absolute atomic E-state index is 11.8. The molecular weight excluding hydrogens is 511 g/mol. The molecule has 0 spiro atoms. The Labute approximate surface area is 234 Å². The van der Waals surface area contributed by atoms with Gasteiger partial charge >= 0.3 is 12.1 Å². The van der Waals surface area contributed by atoms with Crippen molar-refractivity contribution in [2.24, 2.45) is 0 Å². The molecule has 0 radical (unpaired) electrons. The quantitative estimate of drug-likeness (QED) is 0.157.